The second-order valence-corrected chi connectivity index (χ2v) is 6.69. The van der Waals surface area contributed by atoms with Crippen LogP contribution in [-0.4, -0.2) is 21.4 Å². The third-order valence-corrected chi connectivity index (χ3v) is 4.82. The molecule has 4 aromatic rings. The van der Waals surface area contributed by atoms with Crippen LogP contribution in [0.4, 0.5) is 10.8 Å². The van der Waals surface area contributed by atoms with Crippen LogP contribution in [0.3, 0.4) is 0 Å². The molecule has 25 heavy (non-hydrogen) atoms. The predicted octanol–water partition coefficient (Wildman–Crippen LogP) is 3.08. The zero-order chi connectivity index (χ0) is 17.0. The second kappa shape index (κ2) is 5.18. The summed E-state index contributed by atoms with van der Waals surface area (Å²) in [5.74, 6) is 1.16. The van der Waals surface area contributed by atoms with Gasteiger partial charge in [0.15, 0.2) is 11.5 Å². The predicted molar refractivity (Wildman–Crippen MR) is 95.2 cm³/mol. The van der Waals surface area contributed by atoms with E-state index in [-0.39, 0.29) is 12.4 Å². The first-order valence-corrected chi connectivity index (χ1v) is 8.46. The molecule has 0 aliphatic carbocycles. The molecule has 2 aromatic heterocycles. The molecule has 1 aliphatic rings. The van der Waals surface area contributed by atoms with Gasteiger partial charge in [-0.1, -0.05) is 29.0 Å². The molecule has 8 heteroatoms. The number of ether oxygens (including phenoxy) is 2. The van der Waals surface area contributed by atoms with Gasteiger partial charge >= 0.3 is 0 Å². The number of fused-ring (bicyclic) bond motifs is 3. The Morgan fingerprint density at radius 1 is 1.16 bits per heavy atom. The molecule has 0 bridgehead atoms. The summed E-state index contributed by atoms with van der Waals surface area (Å²) >= 11 is 1.32. The van der Waals surface area contributed by atoms with Crippen LogP contribution in [0, 0.1) is 6.92 Å². The molecule has 0 amide bonds. The number of aromatic nitrogens is 3. The molecule has 5 rings (SSSR count). The van der Waals surface area contributed by atoms with E-state index < -0.39 is 0 Å². The Bertz CT molecular complexity index is 1180. The van der Waals surface area contributed by atoms with Crippen molar-refractivity contribution in [3.8, 4) is 11.5 Å². The van der Waals surface area contributed by atoms with Crippen LogP contribution in [0.1, 0.15) is 5.56 Å². The van der Waals surface area contributed by atoms with E-state index in [1.54, 1.807) is 12.1 Å². The molecular formula is C17H12N4O3S. The van der Waals surface area contributed by atoms with Crippen LogP contribution >= 0.6 is 11.3 Å². The quantitative estimate of drug-likeness (QED) is 0.597. The van der Waals surface area contributed by atoms with Gasteiger partial charge in [0.25, 0.3) is 5.56 Å². The minimum atomic E-state index is -0.230. The highest BCUT2D eigenvalue weighted by atomic mass is 32.1. The van der Waals surface area contributed by atoms with Crippen molar-refractivity contribution in [1.29, 1.82) is 0 Å². The summed E-state index contributed by atoms with van der Waals surface area (Å²) in [5, 5.41) is 8.61. The molecule has 7 nitrogen and oxygen atoms in total. The SMILES string of the molecule is Cc1ccc(Nc2nn3c(=O)c4cc5c(cc4nc3s2)OCO5)cc1. The summed E-state index contributed by atoms with van der Waals surface area (Å²) in [6, 6.07) is 11.3. The van der Waals surface area contributed by atoms with Gasteiger partial charge in [-0.2, -0.15) is 4.52 Å². The highest BCUT2D eigenvalue weighted by molar-refractivity contribution is 7.20. The van der Waals surface area contributed by atoms with Crippen LogP contribution in [0.5, 0.6) is 11.5 Å². The maximum Gasteiger partial charge on any atom is 0.283 e. The molecular weight excluding hydrogens is 340 g/mol. The molecule has 2 aromatic carbocycles. The molecule has 3 heterocycles. The van der Waals surface area contributed by atoms with Gasteiger partial charge in [-0.25, -0.2) is 4.98 Å². The smallest absolute Gasteiger partial charge is 0.283 e. The third kappa shape index (κ3) is 2.30. The Labute approximate surface area is 145 Å². The second-order valence-electron chi connectivity index (χ2n) is 5.73. The number of anilines is 2. The van der Waals surface area contributed by atoms with Crippen LogP contribution in [-0.2, 0) is 0 Å². The number of benzene rings is 2. The number of hydrogen-bond acceptors (Lipinski definition) is 7. The van der Waals surface area contributed by atoms with E-state index >= 15 is 0 Å². The Morgan fingerprint density at radius 2 is 1.92 bits per heavy atom. The first-order chi connectivity index (χ1) is 12.2. The molecule has 1 N–H and O–H groups in total. The van der Waals surface area contributed by atoms with E-state index in [1.807, 2.05) is 31.2 Å². The van der Waals surface area contributed by atoms with E-state index in [2.05, 4.69) is 15.4 Å². The van der Waals surface area contributed by atoms with Crippen LogP contribution in [0.25, 0.3) is 15.9 Å². The summed E-state index contributed by atoms with van der Waals surface area (Å²) in [7, 11) is 0. The molecule has 0 saturated heterocycles. The topological polar surface area (TPSA) is 77.8 Å². The van der Waals surface area contributed by atoms with Crippen molar-refractivity contribution < 1.29 is 9.47 Å². The maximum absolute atomic E-state index is 12.7. The van der Waals surface area contributed by atoms with Crippen molar-refractivity contribution in [1.82, 2.24) is 14.6 Å². The van der Waals surface area contributed by atoms with Gasteiger partial charge in [0, 0.05) is 11.8 Å². The summed E-state index contributed by atoms with van der Waals surface area (Å²) in [6.07, 6.45) is 0. The third-order valence-electron chi connectivity index (χ3n) is 3.99. The number of hydrogen-bond donors (Lipinski definition) is 1. The van der Waals surface area contributed by atoms with Crippen LogP contribution in [0.15, 0.2) is 41.2 Å². The zero-order valence-electron chi connectivity index (χ0n) is 13.1. The van der Waals surface area contributed by atoms with Gasteiger partial charge in [0.2, 0.25) is 16.9 Å². The normalized spacial score (nSPS) is 12.8. The highest BCUT2D eigenvalue weighted by Gasteiger charge is 2.18. The van der Waals surface area contributed by atoms with Gasteiger partial charge in [0.05, 0.1) is 10.9 Å². The zero-order valence-corrected chi connectivity index (χ0v) is 14.0. The minimum absolute atomic E-state index is 0.157. The van der Waals surface area contributed by atoms with Gasteiger partial charge in [-0.15, -0.1) is 5.10 Å². The molecule has 0 spiro atoms. The Balaban J connectivity index is 1.64. The lowest BCUT2D eigenvalue weighted by Gasteiger charge is -2.01. The van der Waals surface area contributed by atoms with E-state index in [4.69, 9.17) is 9.47 Å². The lowest BCUT2D eigenvalue weighted by Crippen LogP contribution is -2.15. The van der Waals surface area contributed by atoms with Gasteiger partial charge in [-0.05, 0) is 25.1 Å². The minimum Gasteiger partial charge on any atom is -0.454 e. The molecule has 124 valence electrons. The molecule has 0 unspecified atom stereocenters. The van der Waals surface area contributed by atoms with E-state index in [9.17, 15) is 4.79 Å². The highest BCUT2D eigenvalue weighted by Crippen LogP contribution is 2.35. The average molecular weight is 352 g/mol. The fourth-order valence-corrected chi connectivity index (χ4v) is 3.53. The van der Waals surface area contributed by atoms with Crippen molar-refractivity contribution in [2.45, 2.75) is 6.92 Å². The first-order valence-electron chi connectivity index (χ1n) is 7.64. The number of nitrogens with zero attached hydrogens (tertiary/aromatic N) is 3. The first kappa shape index (κ1) is 14.2. The number of rotatable bonds is 2. The lowest BCUT2D eigenvalue weighted by molar-refractivity contribution is 0.174. The molecule has 0 atom stereocenters. The molecule has 0 radical (unpaired) electrons. The van der Waals surface area contributed by atoms with E-state index in [1.165, 1.54) is 21.4 Å². The van der Waals surface area contributed by atoms with E-state index in [0.29, 0.717) is 32.5 Å². The monoisotopic (exact) mass is 352 g/mol. The van der Waals surface area contributed by atoms with Crippen molar-refractivity contribution in [2.75, 3.05) is 12.1 Å². The molecule has 0 saturated carbocycles. The van der Waals surface area contributed by atoms with Crippen molar-refractivity contribution in [3.63, 3.8) is 0 Å². The van der Waals surface area contributed by atoms with Gasteiger partial charge in [0.1, 0.15) is 0 Å². The molecule has 0 fully saturated rings. The molecule has 1 aliphatic heterocycles. The summed E-state index contributed by atoms with van der Waals surface area (Å²) in [6.45, 7) is 2.19. The summed E-state index contributed by atoms with van der Waals surface area (Å²) in [4.78, 5) is 17.8. The number of aryl methyl sites for hydroxylation is 1. The average Bonchev–Trinajstić information content (AvgIpc) is 3.22. The van der Waals surface area contributed by atoms with E-state index in [0.717, 1.165) is 5.69 Å². The van der Waals surface area contributed by atoms with Gasteiger partial charge in [-0.3, -0.25) is 4.79 Å². The lowest BCUT2D eigenvalue weighted by atomic mass is 10.2. The summed E-state index contributed by atoms with van der Waals surface area (Å²) in [5.41, 5.74) is 2.42. The Kier molecular flexibility index (Phi) is 2.95. The van der Waals surface area contributed by atoms with Crippen molar-refractivity contribution >= 4 is 38.0 Å². The van der Waals surface area contributed by atoms with Crippen molar-refractivity contribution in [2.24, 2.45) is 0 Å². The fraction of sp³-hybridized carbons (Fsp3) is 0.118. The summed E-state index contributed by atoms with van der Waals surface area (Å²) < 4.78 is 12.0. The number of nitrogens with one attached hydrogen (secondary N) is 1. The Hall–Kier alpha value is -3.13. The fourth-order valence-electron chi connectivity index (χ4n) is 2.71. The van der Waals surface area contributed by atoms with Crippen LogP contribution < -0.4 is 20.3 Å². The standard InChI is InChI=1S/C17H12N4O3S/c1-9-2-4-10(5-3-9)18-16-20-21-15(22)11-6-13-14(24-8-23-13)7-12(11)19-17(21)25-16/h2-7H,8H2,1H3,(H,18,20). The van der Waals surface area contributed by atoms with Gasteiger partial charge < -0.3 is 14.8 Å². The van der Waals surface area contributed by atoms with Crippen molar-refractivity contribution in [3.05, 3.63) is 52.3 Å². The largest absolute Gasteiger partial charge is 0.454 e. The Morgan fingerprint density at radius 3 is 2.72 bits per heavy atom. The maximum atomic E-state index is 12.7. The van der Waals surface area contributed by atoms with Crippen LogP contribution in [0.2, 0.25) is 0 Å².